The zero-order valence-corrected chi connectivity index (χ0v) is 18.8. The highest BCUT2D eigenvalue weighted by Crippen LogP contribution is 2.36. The average molecular weight is 480 g/mol. The van der Waals surface area contributed by atoms with E-state index < -0.39 is 0 Å². The number of nitrogens with one attached hydrogen (secondary N) is 2. The SMILES string of the molecule is O=C(Nc1nc2c(s1)CN(C(=O)c1cc(-c3ccc4c(c3)OCO4)n[nH]1)CC2)c1ccsc1. The van der Waals surface area contributed by atoms with E-state index in [0.717, 1.165) is 16.1 Å². The average Bonchev–Trinajstić information content (AvgIpc) is 3.63. The minimum Gasteiger partial charge on any atom is -0.454 e. The van der Waals surface area contributed by atoms with Crippen molar-refractivity contribution in [2.45, 2.75) is 13.0 Å². The molecule has 3 aromatic heterocycles. The summed E-state index contributed by atoms with van der Waals surface area (Å²) < 4.78 is 10.8. The second-order valence-electron chi connectivity index (χ2n) is 7.57. The van der Waals surface area contributed by atoms with Crippen molar-refractivity contribution >= 4 is 39.6 Å². The molecule has 2 aliphatic heterocycles. The summed E-state index contributed by atoms with van der Waals surface area (Å²) in [7, 11) is 0. The summed E-state index contributed by atoms with van der Waals surface area (Å²) >= 11 is 2.88. The normalized spacial score (nSPS) is 14.2. The number of thiazole rings is 1. The molecule has 0 spiro atoms. The number of hydrogen-bond acceptors (Lipinski definition) is 8. The molecule has 0 saturated carbocycles. The van der Waals surface area contributed by atoms with Gasteiger partial charge in [-0.05, 0) is 35.7 Å². The van der Waals surface area contributed by atoms with E-state index in [1.165, 1.54) is 22.7 Å². The van der Waals surface area contributed by atoms with Crippen molar-refractivity contribution in [2.75, 3.05) is 18.7 Å². The number of fused-ring (bicyclic) bond motifs is 2. The lowest BCUT2D eigenvalue weighted by Gasteiger charge is -2.25. The van der Waals surface area contributed by atoms with Crippen LogP contribution in [0.3, 0.4) is 0 Å². The number of nitrogens with zero attached hydrogens (tertiary/aromatic N) is 3. The Labute approximate surface area is 196 Å². The molecule has 2 N–H and O–H groups in total. The van der Waals surface area contributed by atoms with E-state index in [0.29, 0.717) is 53.1 Å². The van der Waals surface area contributed by atoms with E-state index in [-0.39, 0.29) is 18.6 Å². The Morgan fingerprint density at radius 1 is 1.15 bits per heavy atom. The van der Waals surface area contributed by atoms with E-state index >= 15 is 0 Å². The minimum atomic E-state index is -0.177. The standard InChI is InChI=1S/C22H17N5O4S2/c28-20(13-4-6-32-10-13)24-22-23-14-3-5-27(9-19(14)33-22)21(29)16-8-15(25-26-16)12-1-2-17-18(7-12)31-11-30-17/h1-2,4,6-8,10H,3,5,9,11H2,(H,25,26)(H,23,24,28). The van der Waals surface area contributed by atoms with Crippen molar-refractivity contribution in [2.24, 2.45) is 0 Å². The van der Waals surface area contributed by atoms with E-state index in [1.54, 1.807) is 22.4 Å². The molecular weight excluding hydrogens is 462 g/mol. The molecule has 0 saturated heterocycles. The number of aromatic nitrogens is 3. The van der Waals surface area contributed by atoms with E-state index in [2.05, 4.69) is 20.5 Å². The number of carbonyl (C=O) groups excluding carboxylic acids is 2. The van der Waals surface area contributed by atoms with Crippen molar-refractivity contribution in [1.29, 1.82) is 0 Å². The highest BCUT2D eigenvalue weighted by molar-refractivity contribution is 7.16. The number of benzene rings is 1. The Hall–Kier alpha value is -3.70. The van der Waals surface area contributed by atoms with Crippen LogP contribution in [0.4, 0.5) is 5.13 Å². The van der Waals surface area contributed by atoms with Gasteiger partial charge in [0.05, 0.1) is 23.5 Å². The highest BCUT2D eigenvalue weighted by Gasteiger charge is 2.27. The Balaban J connectivity index is 1.16. The van der Waals surface area contributed by atoms with Crippen LogP contribution in [-0.2, 0) is 13.0 Å². The molecule has 0 unspecified atom stereocenters. The van der Waals surface area contributed by atoms with Crippen LogP contribution in [0, 0.1) is 0 Å². The Morgan fingerprint density at radius 3 is 2.94 bits per heavy atom. The van der Waals surface area contributed by atoms with E-state index in [4.69, 9.17) is 9.47 Å². The van der Waals surface area contributed by atoms with Gasteiger partial charge in [0.2, 0.25) is 6.79 Å². The summed E-state index contributed by atoms with van der Waals surface area (Å²) in [6, 6.07) is 9.08. The van der Waals surface area contributed by atoms with Gasteiger partial charge in [-0.25, -0.2) is 4.98 Å². The van der Waals surface area contributed by atoms with Crippen LogP contribution in [-0.4, -0.2) is 45.2 Å². The van der Waals surface area contributed by atoms with Gasteiger partial charge < -0.3 is 14.4 Å². The molecule has 0 aliphatic carbocycles. The van der Waals surface area contributed by atoms with Crippen LogP contribution in [0.2, 0.25) is 0 Å². The molecule has 1 aromatic carbocycles. The fraction of sp³-hybridized carbons (Fsp3) is 0.182. The number of carbonyl (C=O) groups is 2. The number of ether oxygens (including phenoxy) is 2. The first-order valence-electron chi connectivity index (χ1n) is 10.2. The van der Waals surface area contributed by atoms with Crippen LogP contribution >= 0.6 is 22.7 Å². The van der Waals surface area contributed by atoms with Gasteiger partial charge in [0.1, 0.15) is 5.69 Å². The number of amides is 2. The molecular formula is C22H17N5O4S2. The lowest BCUT2D eigenvalue weighted by atomic mass is 10.1. The molecule has 166 valence electrons. The fourth-order valence-corrected chi connectivity index (χ4v) is 5.45. The number of rotatable bonds is 4. The zero-order chi connectivity index (χ0) is 22.4. The molecule has 0 fully saturated rings. The predicted molar refractivity (Wildman–Crippen MR) is 123 cm³/mol. The highest BCUT2D eigenvalue weighted by atomic mass is 32.1. The summed E-state index contributed by atoms with van der Waals surface area (Å²) in [5.41, 5.74) is 3.45. The zero-order valence-electron chi connectivity index (χ0n) is 17.2. The van der Waals surface area contributed by atoms with Crippen molar-refractivity contribution < 1.29 is 19.1 Å². The summed E-state index contributed by atoms with van der Waals surface area (Å²) in [5.74, 6) is 1.06. The van der Waals surface area contributed by atoms with Crippen molar-refractivity contribution in [3.8, 4) is 22.8 Å². The van der Waals surface area contributed by atoms with Crippen LogP contribution in [0.1, 0.15) is 31.4 Å². The Morgan fingerprint density at radius 2 is 2.06 bits per heavy atom. The topological polar surface area (TPSA) is 109 Å². The molecule has 11 heteroatoms. The molecule has 9 nitrogen and oxygen atoms in total. The lowest BCUT2D eigenvalue weighted by Crippen LogP contribution is -2.35. The number of aromatic amines is 1. The molecule has 6 rings (SSSR count). The molecule has 0 radical (unpaired) electrons. The Kier molecular flexibility index (Phi) is 4.84. The lowest BCUT2D eigenvalue weighted by molar-refractivity contribution is 0.0730. The molecule has 0 bridgehead atoms. The first-order chi connectivity index (χ1) is 16.1. The predicted octanol–water partition coefficient (Wildman–Crippen LogP) is 3.77. The van der Waals surface area contributed by atoms with Crippen LogP contribution < -0.4 is 14.8 Å². The first kappa shape index (κ1) is 19.9. The third-order valence-electron chi connectivity index (χ3n) is 5.50. The summed E-state index contributed by atoms with van der Waals surface area (Å²) in [6.07, 6.45) is 0.634. The molecule has 5 heterocycles. The van der Waals surface area contributed by atoms with Gasteiger partial charge in [0.25, 0.3) is 11.8 Å². The number of H-pyrrole nitrogens is 1. The molecule has 0 atom stereocenters. The van der Waals surface area contributed by atoms with Crippen LogP contribution in [0.15, 0.2) is 41.1 Å². The van der Waals surface area contributed by atoms with E-state index in [9.17, 15) is 9.59 Å². The summed E-state index contributed by atoms with van der Waals surface area (Å²) in [6.45, 7) is 1.20. The van der Waals surface area contributed by atoms with Crippen molar-refractivity contribution in [3.63, 3.8) is 0 Å². The first-order valence-corrected chi connectivity index (χ1v) is 12.0. The van der Waals surface area contributed by atoms with Crippen molar-refractivity contribution in [1.82, 2.24) is 20.1 Å². The Bertz CT molecular complexity index is 1360. The third kappa shape index (κ3) is 3.74. The second kappa shape index (κ2) is 8.01. The second-order valence-corrected chi connectivity index (χ2v) is 9.43. The van der Waals surface area contributed by atoms with Crippen LogP contribution in [0.25, 0.3) is 11.3 Å². The third-order valence-corrected chi connectivity index (χ3v) is 7.18. The maximum Gasteiger partial charge on any atom is 0.272 e. The van der Waals surface area contributed by atoms with Gasteiger partial charge in [-0.1, -0.05) is 11.3 Å². The minimum absolute atomic E-state index is 0.127. The van der Waals surface area contributed by atoms with Gasteiger partial charge in [0, 0.05) is 28.8 Å². The van der Waals surface area contributed by atoms with Gasteiger partial charge >= 0.3 is 0 Å². The van der Waals surface area contributed by atoms with Gasteiger partial charge in [-0.2, -0.15) is 16.4 Å². The molecule has 2 aliphatic rings. The smallest absolute Gasteiger partial charge is 0.272 e. The largest absolute Gasteiger partial charge is 0.454 e. The fourth-order valence-electron chi connectivity index (χ4n) is 3.79. The van der Waals surface area contributed by atoms with E-state index in [1.807, 2.05) is 23.6 Å². The maximum absolute atomic E-state index is 13.1. The van der Waals surface area contributed by atoms with Gasteiger partial charge in [-0.15, -0.1) is 0 Å². The summed E-state index contributed by atoms with van der Waals surface area (Å²) in [4.78, 5) is 32.7. The summed E-state index contributed by atoms with van der Waals surface area (Å²) in [5, 5.41) is 14.2. The van der Waals surface area contributed by atoms with Gasteiger partial charge in [0.15, 0.2) is 16.6 Å². The van der Waals surface area contributed by atoms with Crippen molar-refractivity contribution in [3.05, 3.63) is 62.9 Å². The molecule has 2 amide bonds. The quantitative estimate of drug-likeness (QED) is 0.461. The van der Waals surface area contributed by atoms with Crippen LogP contribution in [0.5, 0.6) is 11.5 Å². The monoisotopic (exact) mass is 479 g/mol. The maximum atomic E-state index is 13.1. The number of hydrogen-bond donors (Lipinski definition) is 2. The number of anilines is 1. The van der Waals surface area contributed by atoms with Gasteiger partial charge in [-0.3, -0.25) is 20.0 Å². The molecule has 4 aromatic rings. The molecule has 33 heavy (non-hydrogen) atoms. The number of thiophene rings is 1.